The lowest BCUT2D eigenvalue weighted by molar-refractivity contribution is 0.263. The van der Waals surface area contributed by atoms with E-state index in [4.69, 9.17) is 0 Å². The lowest BCUT2D eigenvalue weighted by atomic mass is 10.1. The first-order chi connectivity index (χ1) is 9.03. The summed E-state index contributed by atoms with van der Waals surface area (Å²) in [6.07, 6.45) is 1.90. The van der Waals surface area contributed by atoms with Crippen molar-refractivity contribution in [2.24, 2.45) is 0 Å². The second-order valence-corrected chi connectivity index (χ2v) is 9.12. The second-order valence-electron chi connectivity index (χ2n) is 5.55. The van der Waals surface area contributed by atoms with Gasteiger partial charge in [0.1, 0.15) is 0 Å². The highest BCUT2D eigenvalue weighted by Gasteiger charge is 2.32. The Balaban J connectivity index is 1.59. The molecule has 2 heterocycles. The molecule has 1 aromatic carbocycles. The van der Waals surface area contributed by atoms with Crippen molar-refractivity contribution >= 4 is 21.6 Å². The van der Waals surface area contributed by atoms with Crippen molar-refractivity contribution < 1.29 is 8.42 Å². The minimum atomic E-state index is -2.78. The van der Waals surface area contributed by atoms with Gasteiger partial charge in [0.05, 0.1) is 11.5 Å². The van der Waals surface area contributed by atoms with Gasteiger partial charge in [-0.15, -0.1) is 11.8 Å². The summed E-state index contributed by atoms with van der Waals surface area (Å²) in [5, 5.41) is 0.561. The first-order valence-electron chi connectivity index (χ1n) is 6.69. The number of rotatable bonds is 3. The molecule has 19 heavy (non-hydrogen) atoms. The molecule has 5 heteroatoms. The van der Waals surface area contributed by atoms with Gasteiger partial charge in [-0.3, -0.25) is 0 Å². The summed E-state index contributed by atoms with van der Waals surface area (Å²) in [6.45, 7) is 0.972. The monoisotopic (exact) mass is 297 g/mol. The molecule has 2 atom stereocenters. The van der Waals surface area contributed by atoms with Crippen molar-refractivity contribution in [1.82, 2.24) is 4.90 Å². The summed E-state index contributed by atoms with van der Waals surface area (Å²) in [7, 11) is -0.712. The maximum absolute atomic E-state index is 11.5. The van der Waals surface area contributed by atoms with Crippen LogP contribution in [-0.2, 0) is 16.3 Å². The minimum absolute atomic E-state index is 0.217. The van der Waals surface area contributed by atoms with Crippen molar-refractivity contribution in [3.05, 3.63) is 29.8 Å². The summed E-state index contributed by atoms with van der Waals surface area (Å²) >= 11 is 1.93. The Morgan fingerprint density at radius 1 is 1.37 bits per heavy atom. The molecule has 0 N–H and O–H groups in total. The summed E-state index contributed by atoms with van der Waals surface area (Å²) in [5.41, 5.74) is 1.44. The van der Waals surface area contributed by atoms with Crippen molar-refractivity contribution in [3.8, 4) is 0 Å². The van der Waals surface area contributed by atoms with Crippen molar-refractivity contribution in [2.75, 3.05) is 25.1 Å². The zero-order valence-electron chi connectivity index (χ0n) is 11.1. The Labute approximate surface area is 119 Å². The molecule has 2 aliphatic rings. The van der Waals surface area contributed by atoms with E-state index >= 15 is 0 Å². The average Bonchev–Trinajstić information content (AvgIpc) is 2.91. The third-order valence-electron chi connectivity index (χ3n) is 4.04. The molecule has 0 amide bonds. The smallest absolute Gasteiger partial charge is 0.151 e. The van der Waals surface area contributed by atoms with E-state index in [0.29, 0.717) is 16.8 Å². The number of nitrogens with zero attached hydrogens (tertiary/aromatic N) is 1. The van der Waals surface area contributed by atoms with E-state index in [1.165, 1.54) is 10.5 Å². The fourth-order valence-corrected chi connectivity index (χ4v) is 6.15. The van der Waals surface area contributed by atoms with Crippen molar-refractivity contribution in [3.63, 3.8) is 0 Å². The second kappa shape index (κ2) is 5.11. The summed E-state index contributed by atoms with van der Waals surface area (Å²) < 4.78 is 23.1. The van der Waals surface area contributed by atoms with Crippen LogP contribution in [0.25, 0.3) is 0 Å². The predicted molar refractivity (Wildman–Crippen MR) is 79.5 cm³/mol. The van der Waals surface area contributed by atoms with Gasteiger partial charge < -0.3 is 4.90 Å². The topological polar surface area (TPSA) is 37.4 Å². The zero-order chi connectivity index (χ0) is 13.5. The van der Waals surface area contributed by atoms with Crippen molar-refractivity contribution in [2.45, 2.75) is 29.0 Å². The van der Waals surface area contributed by atoms with Crippen LogP contribution in [-0.4, -0.2) is 49.7 Å². The quantitative estimate of drug-likeness (QED) is 0.853. The van der Waals surface area contributed by atoms with Gasteiger partial charge in [0.2, 0.25) is 0 Å². The van der Waals surface area contributed by atoms with Gasteiger partial charge in [0.15, 0.2) is 9.84 Å². The standard InChI is InChI=1S/C14H19NO2S2/c1-15(12-6-7-19(16,17)10-12)9-13-8-11-4-2-3-5-14(11)18-13/h2-5,12-13H,6-10H2,1H3. The van der Waals surface area contributed by atoms with Gasteiger partial charge in [0, 0.05) is 22.7 Å². The van der Waals surface area contributed by atoms with Crippen LogP contribution in [0.1, 0.15) is 12.0 Å². The molecule has 0 spiro atoms. The van der Waals surface area contributed by atoms with Crippen LogP contribution in [0.5, 0.6) is 0 Å². The largest absolute Gasteiger partial charge is 0.301 e. The van der Waals surface area contributed by atoms with Gasteiger partial charge in [-0.1, -0.05) is 18.2 Å². The Kier molecular flexibility index (Phi) is 3.62. The van der Waals surface area contributed by atoms with Crippen LogP contribution in [0.3, 0.4) is 0 Å². The number of thioether (sulfide) groups is 1. The molecule has 3 rings (SSSR count). The first kappa shape index (κ1) is 13.5. The summed E-state index contributed by atoms with van der Waals surface area (Å²) in [5.74, 6) is 0.702. The van der Waals surface area contributed by atoms with Gasteiger partial charge in [-0.25, -0.2) is 8.42 Å². The minimum Gasteiger partial charge on any atom is -0.301 e. The van der Waals surface area contributed by atoms with Crippen LogP contribution in [0.4, 0.5) is 0 Å². The third-order valence-corrected chi connectivity index (χ3v) is 7.09. The third kappa shape index (κ3) is 2.98. The Morgan fingerprint density at radius 3 is 2.84 bits per heavy atom. The molecular weight excluding hydrogens is 278 g/mol. The van der Waals surface area contributed by atoms with Gasteiger partial charge in [-0.2, -0.15) is 0 Å². The Morgan fingerprint density at radius 2 is 2.16 bits per heavy atom. The maximum Gasteiger partial charge on any atom is 0.151 e. The van der Waals surface area contributed by atoms with E-state index in [-0.39, 0.29) is 6.04 Å². The van der Waals surface area contributed by atoms with Gasteiger partial charge in [0.25, 0.3) is 0 Å². The molecule has 0 bridgehead atoms. The lowest BCUT2D eigenvalue weighted by Crippen LogP contribution is -2.37. The number of fused-ring (bicyclic) bond motifs is 1. The SMILES string of the molecule is CN(CC1Cc2ccccc2S1)C1CCS(=O)(=O)C1. The normalized spacial score (nSPS) is 28.7. The highest BCUT2D eigenvalue weighted by molar-refractivity contribution is 8.00. The lowest BCUT2D eigenvalue weighted by Gasteiger charge is -2.25. The van der Waals surface area contributed by atoms with Crippen LogP contribution in [0, 0.1) is 0 Å². The molecule has 1 saturated heterocycles. The van der Waals surface area contributed by atoms with Crippen LogP contribution in [0.2, 0.25) is 0 Å². The first-order valence-corrected chi connectivity index (χ1v) is 9.39. The number of hydrogen-bond acceptors (Lipinski definition) is 4. The van der Waals surface area contributed by atoms with E-state index in [2.05, 4.69) is 36.2 Å². The molecule has 0 radical (unpaired) electrons. The van der Waals surface area contributed by atoms with E-state index in [9.17, 15) is 8.42 Å². The maximum atomic E-state index is 11.5. The Hall–Kier alpha value is -0.520. The predicted octanol–water partition coefficient (Wildman–Crippen LogP) is 1.82. The van der Waals surface area contributed by atoms with Crippen LogP contribution in [0.15, 0.2) is 29.2 Å². The van der Waals surface area contributed by atoms with Gasteiger partial charge >= 0.3 is 0 Å². The molecule has 0 aliphatic carbocycles. The fourth-order valence-electron chi connectivity index (χ4n) is 2.95. The average molecular weight is 297 g/mol. The summed E-state index contributed by atoms with van der Waals surface area (Å²) in [6, 6.07) is 8.77. The molecule has 0 saturated carbocycles. The Bertz CT molecular complexity index is 546. The highest BCUT2D eigenvalue weighted by atomic mass is 32.2. The van der Waals surface area contributed by atoms with E-state index in [1.807, 2.05) is 11.8 Å². The molecule has 2 aliphatic heterocycles. The molecular formula is C14H19NO2S2. The molecule has 104 valence electrons. The van der Waals surface area contributed by atoms with E-state index in [0.717, 1.165) is 19.4 Å². The number of hydrogen-bond donors (Lipinski definition) is 0. The van der Waals surface area contributed by atoms with Crippen LogP contribution < -0.4 is 0 Å². The van der Waals surface area contributed by atoms with Crippen LogP contribution >= 0.6 is 11.8 Å². The fraction of sp³-hybridized carbons (Fsp3) is 0.571. The molecule has 3 nitrogen and oxygen atoms in total. The summed E-state index contributed by atoms with van der Waals surface area (Å²) in [4.78, 5) is 3.63. The molecule has 1 fully saturated rings. The zero-order valence-corrected chi connectivity index (χ0v) is 12.7. The number of benzene rings is 1. The molecule has 1 aromatic rings. The molecule has 2 unspecified atom stereocenters. The van der Waals surface area contributed by atoms with Crippen molar-refractivity contribution in [1.29, 1.82) is 0 Å². The van der Waals surface area contributed by atoms with E-state index < -0.39 is 9.84 Å². The number of sulfone groups is 1. The van der Waals surface area contributed by atoms with Gasteiger partial charge in [-0.05, 0) is 31.5 Å². The van der Waals surface area contributed by atoms with E-state index in [1.54, 1.807) is 0 Å². The highest BCUT2D eigenvalue weighted by Crippen LogP contribution is 2.37. The molecule has 0 aromatic heterocycles.